The van der Waals surface area contributed by atoms with Crippen LogP contribution in [0.5, 0.6) is 0 Å². The molecule has 0 aliphatic rings. The van der Waals surface area contributed by atoms with E-state index in [1.165, 1.54) is 4.88 Å². The highest BCUT2D eigenvalue weighted by Crippen LogP contribution is 2.30. The zero-order chi connectivity index (χ0) is 15.4. The fraction of sp³-hybridized carbons (Fsp3) is 0.333. The van der Waals surface area contributed by atoms with E-state index in [2.05, 4.69) is 18.0 Å². The van der Waals surface area contributed by atoms with Crippen LogP contribution in [0.2, 0.25) is 14.4 Å². The second-order valence-corrected chi connectivity index (χ2v) is 7.57. The van der Waals surface area contributed by atoms with Crippen molar-refractivity contribution in [1.82, 2.24) is 4.90 Å². The lowest BCUT2D eigenvalue weighted by Gasteiger charge is -2.20. The maximum absolute atomic E-state index is 6.22. The van der Waals surface area contributed by atoms with E-state index in [1.807, 2.05) is 18.2 Å². The Morgan fingerprint density at radius 3 is 2.62 bits per heavy atom. The molecule has 0 fully saturated rings. The molecule has 21 heavy (non-hydrogen) atoms. The first-order chi connectivity index (χ1) is 9.97. The van der Waals surface area contributed by atoms with E-state index < -0.39 is 0 Å². The van der Waals surface area contributed by atoms with Gasteiger partial charge in [0.15, 0.2) is 0 Å². The van der Waals surface area contributed by atoms with Crippen LogP contribution < -0.4 is 5.73 Å². The fourth-order valence-corrected chi connectivity index (χ4v) is 3.72. The van der Waals surface area contributed by atoms with Crippen molar-refractivity contribution in [1.29, 1.82) is 0 Å². The van der Waals surface area contributed by atoms with E-state index in [4.69, 9.17) is 40.5 Å². The van der Waals surface area contributed by atoms with Crippen LogP contribution in [0.15, 0.2) is 30.3 Å². The Labute approximate surface area is 144 Å². The lowest BCUT2D eigenvalue weighted by atomic mass is 10.0. The third-order valence-corrected chi connectivity index (χ3v) is 5.31. The summed E-state index contributed by atoms with van der Waals surface area (Å²) in [6.07, 6.45) is 0.815. The molecule has 1 aromatic carbocycles. The van der Waals surface area contributed by atoms with Gasteiger partial charge in [-0.1, -0.05) is 46.9 Å². The van der Waals surface area contributed by atoms with E-state index in [9.17, 15) is 0 Å². The van der Waals surface area contributed by atoms with Crippen molar-refractivity contribution in [3.05, 3.63) is 55.2 Å². The molecule has 6 heteroatoms. The highest BCUT2D eigenvalue weighted by Gasteiger charge is 2.13. The van der Waals surface area contributed by atoms with E-state index in [-0.39, 0.29) is 6.04 Å². The second kappa shape index (κ2) is 7.82. The predicted octanol–water partition coefficient (Wildman–Crippen LogP) is 5.23. The molecule has 114 valence electrons. The van der Waals surface area contributed by atoms with E-state index >= 15 is 0 Å². The summed E-state index contributed by atoms with van der Waals surface area (Å²) in [5.74, 6) is 0. The van der Waals surface area contributed by atoms with Gasteiger partial charge in [0, 0.05) is 24.0 Å². The molecule has 2 nitrogen and oxygen atoms in total. The molecule has 0 radical (unpaired) electrons. The lowest BCUT2D eigenvalue weighted by molar-refractivity contribution is 0.314. The van der Waals surface area contributed by atoms with Crippen molar-refractivity contribution in [2.24, 2.45) is 5.73 Å². The predicted molar refractivity (Wildman–Crippen MR) is 93.7 cm³/mol. The summed E-state index contributed by atoms with van der Waals surface area (Å²) in [5, 5.41) is 1.10. The maximum atomic E-state index is 6.22. The summed E-state index contributed by atoms with van der Waals surface area (Å²) in [6, 6.07) is 9.43. The van der Waals surface area contributed by atoms with Gasteiger partial charge in [0.2, 0.25) is 0 Å². The number of halogens is 3. The Kier molecular flexibility index (Phi) is 6.35. The normalized spacial score (nSPS) is 12.9. The average molecular weight is 364 g/mol. The largest absolute Gasteiger partial charge is 0.324 e. The van der Waals surface area contributed by atoms with Gasteiger partial charge >= 0.3 is 0 Å². The number of nitrogens with two attached hydrogens (primary N) is 1. The van der Waals surface area contributed by atoms with Crippen LogP contribution in [0.1, 0.15) is 22.9 Å². The number of benzene rings is 1. The Hall–Kier alpha value is -0.290. The minimum Gasteiger partial charge on any atom is -0.324 e. The number of hydrogen-bond donors (Lipinski definition) is 1. The molecule has 0 aliphatic heterocycles. The Morgan fingerprint density at radius 1 is 1.19 bits per heavy atom. The zero-order valence-electron chi connectivity index (χ0n) is 11.7. The molecule has 1 aromatic heterocycles. The first-order valence-electron chi connectivity index (χ1n) is 6.59. The Balaban J connectivity index is 1.88. The average Bonchev–Trinajstić information content (AvgIpc) is 2.84. The molecule has 1 unspecified atom stereocenters. The maximum Gasteiger partial charge on any atom is 0.0931 e. The third kappa shape index (κ3) is 4.85. The van der Waals surface area contributed by atoms with E-state index in [0.29, 0.717) is 10.0 Å². The highest BCUT2D eigenvalue weighted by atomic mass is 35.5. The first kappa shape index (κ1) is 17.1. The molecule has 0 saturated carbocycles. The van der Waals surface area contributed by atoms with Crippen molar-refractivity contribution in [2.45, 2.75) is 19.0 Å². The van der Waals surface area contributed by atoms with Crippen LogP contribution in [-0.4, -0.2) is 18.5 Å². The lowest BCUT2D eigenvalue weighted by Crippen LogP contribution is -2.23. The van der Waals surface area contributed by atoms with E-state index in [0.717, 1.165) is 29.4 Å². The van der Waals surface area contributed by atoms with Gasteiger partial charge in [-0.25, -0.2) is 0 Å². The van der Waals surface area contributed by atoms with Crippen LogP contribution in [-0.2, 0) is 6.54 Å². The van der Waals surface area contributed by atoms with Gasteiger partial charge < -0.3 is 10.6 Å². The van der Waals surface area contributed by atoms with Gasteiger partial charge in [-0.15, -0.1) is 11.3 Å². The van der Waals surface area contributed by atoms with Crippen LogP contribution in [0, 0.1) is 0 Å². The number of hydrogen-bond acceptors (Lipinski definition) is 3. The molecular formula is C15H17Cl3N2S. The molecule has 0 saturated heterocycles. The molecule has 2 N–H and O–H groups in total. The van der Waals surface area contributed by atoms with Crippen molar-refractivity contribution >= 4 is 46.1 Å². The van der Waals surface area contributed by atoms with Crippen molar-refractivity contribution in [3.8, 4) is 0 Å². The number of rotatable bonds is 6. The summed E-state index contributed by atoms with van der Waals surface area (Å²) in [7, 11) is 2.07. The van der Waals surface area contributed by atoms with E-state index in [1.54, 1.807) is 17.4 Å². The van der Waals surface area contributed by atoms with Gasteiger partial charge in [-0.3, -0.25) is 0 Å². The van der Waals surface area contributed by atoms with Crippen molar-refractivity contribution in [3.63, 3.8) is 0 Å². The number of nitrogens with zero attached hydrogens (tertiary/aromatic N) is 1. The summed E-state index contributed by atoms with van der Waals surface area (Å²) < 4.78 is 0.820. The van der Waals surface area contributed by atoms with Crippen LogP contribution in [0.4, 0.5) is 0 Å². The minimum absolute atomic E-state index is 0.120. The van der Waals surface area contributed by atoms with Gasteiger partial charge in [0.25, 0.3) is 0 Å². The molecular weight excluding hydrogens is 347 g/mol. The minimum atomic E-state index is -0.120. The van der Waals surface area contributed by atoms with Gasteiger partial charge in [-0.05, 0) is 37.2 Å². The quantitative estimate of drug-likeness (QED) is 0.761. The van der Waals surface area contributed by atoms with Gasteiger partial charge in [0.1, 0.15) is 0 Å². The monoisotopic (exact) mass is 362 g/mol. The second-order valence-electron chi connectivity index (χ2n) is 4.98. The molecule has 0 aliphatic carbocycles. The molecule has 1 heterocycles. The first-order valence-corrected chi connectivity index (χ1v) is 8.54. The summed E-state index contributed by atoms with van der Waals surface area (Å²) in [6.45, 7) is 1.74. The third-order valence-electron chi connectivity index (χ3n) is 3.26. The topological polar surface area (TPSA) is 29.3 Å². The summed E-state index contributed by atoms with van der Waals surface area (Å²) in [4.78, 5) is 3.47. The smallest absolute Gasteiger partial charge is 0.0931 e. The highest BCUT2D eigenvalue weighted by molar-refractivity contribution is 7.16. The molecule has 0 spiro atoms. The molecule has 2 aromatic rings. The number of thiophene rings is 1. The Bertz CT molecular complexity index is 600. The van der Waals surface area contributed by atoms with Crippen LogP contribution >= 0.6 is 46.1 Å². The zero-order valence-corrected chi connectivity index (χ0v) is 14.7. The Morgan fingerprint density at radius 2 is 1.95 bits per heavy atom. The molecule has 0 amide bonds. The fourth-order valence-electron chi connectivity index (χ4n) is 2.10. The SMILES string of the molecule is CN(CCC(N)c1cccc(Cl)c1Cl)Cc1ccc(Cl)s1. The standard InChI is InChI=1S/C15H17Cl3N2S/c1-20(9-10-5-6-14(17)21-10)8-7-13(19)11-3-2-4-12(16)15(11)18/h2-6,13H,7-9,19H2,1H3. The van der Waals surface area contributed by atoms with Gasteiger partial charge in [0.05, 0.1) is 14.4 Å². The van der Waals surface area contributed by atoms with Crippen molar-refractivity contribution in [2.75, 3.05) is 13.6 Å². The summed E-state index contributed by atoms with van der Waals surface area (Å²) in [5.41, 5.74) is 7.12. The van der Waals surface area contributed by atoms with Crippen molar-refractivity contribution < 1.29 is 0 Å². The molecule has 1 atom stereocenters. The van der Waals surface area contributed by atoms with Crippen LogP contribution in [0.3, 0.4) is 0 Å². The summed E-state index contributed by atoms with van der Waals surface area (Å²) >= 11 is 19.8. The van der Waals surface area contributed by atoms with Crippen LogP contribution in [0.25, 0.3) is 0 Å². The molecule has 0 bridgehead atoms. The van der Waals surface area contributed by atoms with Gasteiger partial charge in [-0.2, -0.15) is 0 Å². The molecule has 2 rings (SSSR count).